The fraction of sp³-hybridized carbons (Fsp3) is 0.171. The van der Waals surface area contributed by atoms with Crippen molar-refractivity contribution >= 4 is 66.0 Å². The molecule has 0 saturated carbocycles. The van der Waals surface area contributed by atoms with E-state index in [1.807, 2.05) is 84.9 Å². The Morgan fingerprint density at radius 3 is 2.51 bits per heavy atom. The van der Waals surface area contributed by atoms with Crippen LogP contribution in [0.1, 0.15) is 36.6 Å². The van der Waals surface area contributed by atoms with Gasteiger partial charge in [0.1, 0.15) is 24.1 Å². The number of nitrogens with zero attached hydrogens (tertiary/aromatic N) is 2. The number of thiazole rings is 1. The summed E-state index contributed by atoms with van der Waals surface area (Å²) in [6.07, 6.45) is 1.83. The summed E-state index contributed by atoms with van der Waals surface area (Å²) in [5.41, 5.74) is 3.10. The Morgan fingerprint density at radius 1 is 1.02 bits per heavy atom. The SMILES string of the molecule is CCOC(=O)C1=C(C)N=c2s/c(=C\c3ccc(OCc4ccc(Br)cc4)c(Br)c3)c(=O)n2[C@H]1c1c(OC)ccc2ccccc12. The maximum atomic E-state index is 14.2. The first-order valence-corrected chi connectivity index (χ1v) is 16.6. The fourth-order valence-corrected chi connectivity index (χ4v) is 7.24. The average molecular weight is 748 g/mol. The molecule has 0 radical (unpaired) electrons. The van der Waals surface area contributed by atoms with Gasteiger partial charge < -0.3 is 14.2 Å². The number of hydrogen-bond donors (Lipinski definition) is 0. The molecule has 0 spiro atoms. The first kappa shape index (κ1) is 31.0. The van der Waals surface area contributed by atoms with Crippen molar-refractivity contribution < 1.29 is 19.0 Å². The molecule has 0 saturated heterocycles. The predicted octanol–water partition coefficient (Wildman–Crippen LogP) is 7.06. The molecule has 7 nitrogen and oxygen atoms in total. The Kier molecular flexibility index (Phi) is 9.07. The lowest BCUT2D eigenvalue weighted by Gasteiger charge is -2.27. The fourth-order valence-electron chi connectivity index (χ4n) is 5.42. The summed E-state index contributed by atoms with van der Waals surface area (Å²) in [4.78, 5) is 32.9. The Hall–Kier alpha value is -3.99. The van der Waals surface area contributed by atoms with E-state index in [-0.39, 0.29) is 12.2 Å². The lowest BCUT2D eigenvalue weighted by molar-refractivity contribution is -0.139. The Morgan fingerprint density at radius 2 is 1.78 bits per heavy atom. The maximum absolute atomic E-state index is 14.2. The Bertz CT molecular complexity index is 2150. The van der Waals surface area contributed by atoms with E-state index in [2.05, 4.69) is 31.9 Å². The number of esters is 1. The number of rotatable bonds is 8. The van der Waals surface area contributed by atoms with Crippen molar-refractivity contribution in [2.24, 2.45) is 4.99 Å². The molecule has 45 heavy (non-hydrogen) atoms. The van der Waals surface area contributed by atoms with Gasteiger partial charge in [0, 0.05) is 10.0 Å². The zero-order chi connectivity index (χ0) is 31.7. The molecular weight excluding hydrogens is 720 g/mol. The van der Waals surface area contributed by atoms with Crippen molar-refractivity contribution in [3.63, 3.8) is 0 Å². The van der Waals surface area contributed by atoms with Gasteiger partial charge in [0.05, 0.1) is 34.0 Å². The highest BCUT2D eigenvalue weighted by molar-refractivity contribution is 9.10. The molecule has 0 aliphatic carbocycles. The summed E-state index contributed by atoms with van der Waals surface area (Å²) >= 11 is 8.35. The average Bonchev–Trinajstić information content (AvgIpc) is 3.34. The van der Waals surface area contributed by atoms with Gasteiger partial charge in [0.2, 0.25) is 0 Å². The predicted molar refractivity (Wildman–Crippen MR) is 184 cm³/mol. The van der Waals surface area contributed by atoms with Crippen molar-refractivity contribution in [1.82, 2.24) is 4.57 Å². The summed E-state index contributed by atoms with van der Waals surface area (Å²) in [5.74, 6) is 0.734. The van der Waals surface area contributed by atoms with Gasteiger partial charge in [-0.2, -0.15) is 0 Å². The second kappa shape index (κ2) is 13.2. The van der Waals surface area contributed by atoms with E-state index in [9.17, 15) is 9.59 Å². The number of carbonyl (C=O) groups excluding carboxylic acids is 1. The van der Waals surface area contributed by atoms with Crippen molar-refractivity contribution in [3.05, 3.63) is 135 Å². The summed E-state index contributed by atoms with van der Waals surface area (Å²) < 4.78 is 21.2. The molecule has 1 aliphatic heterocycles. The van der Waals surface area contributed by atoms with Gasteiger partial charge in [-0.3, -0.25) is 9.36 Å². The van der Waals surface area contributed by atoms with Gasteiger partial charge in [-0.25, -0.2) is 9.79 Å². The number of carbonyl (C=O) groups is 1. The number of halogens is 2. The molecule has 1 atom stereocenters. The first-order chi connectivity index (χ1) is 21.8. The molecule has 0 amide bonds. The van der Waals surface area contributed by atoms with E-state index in [0.717, 1.165) is 30.8 Å². The number of methoxy groups -OCH3 is 1. The zero-order valence-electron chi connectivity index (χ0n) is 24.7. The highest BCUT2D eigenvalue weighted by Gasteiger charge is 2.36. The standard InChI is InChI=1S/C35H28Br2N2O5S/c1-4-43-34(41)30-20(2)38-35-39(32(30)31-25-8-6-5-7-23(25)12-16-28(31)42-3)33(40)29(45-35)18-22-11-15-27(26(37)17-22)44-19-21-9-13-24(36)14-10-21/h5-18,32H,4,19H2,1-3H3/b29-18-/t32-/m1/s1. The van der Waals surface area contributed by atoms with E-state index in [1.54, 1.807) is 25.5 Å². The van der Waals surface area contributed by atoms with Crippen LogP contribution in [-0.2, 0) is 16.1 Å². The number of benzene rings is 4. The van der Waals surface area contributed by atoms with Crippen LogP contribution in [0.2, 0.25) is 0 Å². The molecule has 1 aromatic heterocycles. The van der Waals surface area contributed by atoms with E-state index < -0.39 is 12.0 Å². The highest BCUT2D eigenvalue weighted by Crippen LogP contribution is 2.40. The molecule has 4 aromatic carbocycles. The molecule has 10 heteroatoms. The summed E-state index contributed by atoms with van der Waals surface area (Å²) in [5, 5.41) is 1.83. The molecular formula is C35H28Br2N2O5S. The third kappa shape index (κ3) is 6.14. The molecule has 5 aromatic rings. The van der Waals surface area contributed by atoms with Crippen LogP contribution >= 0.6 is 43.2 Å². The van der Waals surface area contributed by atoms with Crippen LogP contribution in [0, 0.1) is 0 Å². The van der Waals surface area contributed by atoms with Crippen LogP contribution < -0.4 is 24.4 Å². The quantitative estimate of drug-likeness (QED) is 0.159. The number of hydrogen-bond acceptors (Lipinski definition) is 7. The molecule has 0 unspecified atom stereocenters. The van der Waals surface area contributed by atoms with Crippen LogP contribution in [0.3, 0.4) is 0 Å². The van der Waals surface area contributed by atoms with Gasteiger partial charge in [0.15, 0.2) is 4.80 Å². The van der Waals surface area contributed by atoms with Crippen LogP contribution in [0.5, 0.6) is 11.5 Å². The lowest BCUT2D eigenvalue weighted by atomic mass is 9.90. The maximum Gasteiger partial charge on any atom is 0.338 e. The Labute approximate surface area is 280 Å². The second-order valence-electron chi connectivity index (χ2n) is 10.3. The van der Waals surface area contributed by atoms with Crippen LogP contribution in [0.4, 0.5) is 0 Å². The lowest BCUT2D eigenvalue weighted by Crippen LogP contribution is -2.40. The topological polar surface area (TPSA) is 79.1 Å². The van der Waals surface area contributed by atoms with E-state index in [4.69, 9.17) is 19.2 Å². The molecule has 0 bridgehead atoms. The van der Waals surface area contributed by atoms with Crippen molar-refractivity contribution in [2.75, 3.05) is 13.7 Å². The highest BCUT2D eigenvalue weighted by atomic mass is 79.9. The summed E-state index contributed by atoms with van der Waals surface area (Å²) in [6.45, 7) is 4.14. The van der Waals surface area contributed by atoms with Gasteiger partial charge >= 0.3 is 5.97 Å². The third-order valence-corrected chi connectivity index (χ3v) is 9.63. The zero-order valence-corrected chi connectivity index (χ0v) is 28.7. The minimum atomic E-state index is -0.801. The number of allylic oxidation sites excluding steroid dienone is 1. The molecule has 228 valence electrons. The van der Waals surface area contributed by atoms with Crippen LogP contribution in [0.25, 0.3) is 16.8 Å². The number of aromatic nitrogens is 1. The smallest absolute Gasteiger partial charge is 0.338 e. The molecule has 0 fully saturated rings. The van der Waals surface area contributed by atoms with Crippen LogP contribution in [0.15, 0.2) is 109 Å². The van der Waals surface area contributed by atoms with Gasteiger partial charge in [-0.1, -0.05) is 75.8 Å². The van der Waals surface area contributed by atoms with Gasteiger partial charge in [-0.15, -0.1) is 0 Å². The summed E-state index contributed by atoms with van der Waals surface area (Å²) in [6, 6.07) is 24.5. The third-order valence-electron chi connectivity index (χ3n) is 7.50. The van der Waals surface area contributed by atoms with Gasteiger partial charge in [0.25, 0.3) is 5.56 Å². The van der Waals surface area contributed by atoms with Crippen molar-refractivity contribution in [2.45, 2.75) is 26.5 Å². The Balaban J connectivity index is 1.45. The van der Waals surface area contributed by atoms with E-state index in [0.29, 0.717) is 44.3 Å². The molecule has 0 N–H and O–H groups in total. The van der Waals surface area contributed by atoms with E-state index in [1.165, 1.54) is 11.3 Å². The molecule has 1 aliphatic rings. The molecule has 6 rings (SSSR count). The number of fused-ring (bicyclic) bond motifs is 2. The minimum absolute atomic E-state index is 0.192. The first-order valence-electron chi connectivity index (χ1n) is 14.2. The normalized spacial score (nSPS) is 14.7. The number of ether oxygens (including phenoxy) is 3. The van der Waals surface area contributed by atoms with Crippen molar-refractivity contribution in [1.29, 1.82) is 0 Å². The van der Waals surface area contributed by atoms with Crippen LogP contribution in [-0.4, -0.2) is 24.3 Å². The minimum Gasteiger partial charge on any atom is -0.496 e. The molecule has 2 heterocycles. The summed E-state index contributed by atoms with van der Waals surface area (Å²) in [7, 11) is 1.59. The van der Waals surface area contributed by atoms with E-state index >= 15 is 0 Å². The largest absolute Gasteiger partial charge is 0.496 e. The van der Waals surface area contributed by atoms with Crippen molar-refractivity contribution in [3.8, 4) is 11.5 Å². The second-order valence-corrected chi connectivity index (χ2v) is 13.1. The monoisotopic (exact) mass is 746 g/mol. The van der Waals surface area contributed by atoms with Gasteiger partial charge in [-0.05, 0) is 88.1 Å².